The van der Waals surface area contributed by atoms with Gasteiger partial charge in [-0.1, -0.05) is 30.3 Å². The SMILES string of the molecule is CCOC(=O)c1cc(-c2ccccc2)sc1NC(=O)COC(=O)c1cc(NS(C)(=O)=O)c(F)cc1F. The largest absolute Gasteiger partial charge is 0.462 e. The first-order valence-corrected chi connectivity index (χ1v) is 13.0. The lowest BCUT2D eigenvalue weighted by Crippen LogP contribution is -2.22. The fourth-order valence-corrected chi connectivity index (χ4v) is 4.57. The minimum absolute atomic E-state index is 0.0986. The first-order valence-electron chi connectivity index (χ1n) is 10.3. The smallest absolute Gasteiger partial charge is 0.341 e. The van der Waals surface area contributed by atoms with E-state index < -0.39 is 57.4 Å². The maximum absolute atomic E-state index is 14.1. The fraction of sp³-hybridized carbons (Fsp3) is 0.174. The lowest BCUT2D eigenvalue weighted by Gasteiger charge is -2.10. The van der Waals surface area contributed by atoms with Crippen LogP contribution in [0.4, 0.5) is 19.5 Å². The van der Waals surface area contributed by atoms with Crippen LogP contribution in [-0.2, 0) is 24.3 Å². The Bertz CT molecular complexity index is 1410. The van der Waals surface area contributed by atoms with Crippen LogP contribution in [-0.4, -0.2) is 45.7 Å². The first-order chi connectivity index (χ1) is 17.0. The van der Waals surface area contributed by atoms with Crippen LogP contribution in [0.5, 0.6) is 0 Å². The maximum Gasteiger partial charge on any atom is 0.341 e. The minimum atomic E-state index is -3.91. The number of rotatable bonds is 9. The predicted octanol–water partition coefficient (Wildman–Crippen LogP) is 4.04. The third-order valence-corrected chi connectivity index (χ3v) is 6.14. The standard InChI is InChI=1S/C23H20F2N2O7S2/c1-3-33-23(30)15-10-19(13-7-5-4-6-8-13)35-21(15)26-20(28)12-34-22(29)14-9-18(27-36(2,31)32)17(25)11-16(14)24/h4-11,27H,3,12H2,1-2H3,(H,26,28). The molecular weight excluding hydrogens is 518 g/mol. The number of sulfonamides is 1. The molecule has 0 fully saturated rings. The van der Waals surface area contributed by atoms with E-state index in [1.54, 1.807) is 13.0 Å². The molecule has 0 aliphatic rings. The van der Waals surface area contributed by atoms with Crippen molar-refractivity contribution in [3.05, 3.63) is 71.3 Å². The predicted molar refractivity (Wildman–Crippen MR) is 129 cm³/mol. The van der Waals surface area contributed by atoms with Crippen molar-refractivity contribution in [1.82, 2.24) is 0 Å². The fourth-order valence-electron chi connectivity index (χ4n) is 2.94. The van der Waals surface area contributed by atoms with Gasteiger partial charge < -0.3 is 14.8 Å². The number of esters is 2. The van der Waals surface area contributed by atoms with Crippen molar-refractivity contribution >= 4 is 49.9 Å². The second-order valence-electron chi connectivity index (χ2n) is 7.25. The van der Waals surface area contributed by atoms with Gasteiger partial charge in [-0.25, -0.2) is 26.8 Å². The van der Waals surface area contributed by atoms with E-state index in [4.69, 9.17) is 9.47 Å². The number of benzene rings is 2. The highest BCUT2D eigenvalue weighted by molar-refractivity contribution is 7.92. The summed E-state index contributed by atoms with van der Waals surface area (Å²) in [4.78, 5) is 37.8. The molecule has 0 radical (unpaired) electrons. The van der Waals surface area contributed by atoms with Gasteiger partial charge in [0, 0.05) is 10.9 Å². The Morgan fingerprint density at radius 1 is 0.944 bits per heavy atom. The summed E-state index contributed by atoms with van der Waals surface area (Å²) in [6.45, 7) is 0.872. The van der Waals surface area contributed by atoms with Crippen LogP contribution in [0.1, 0.15) is 27.6 Å². The molecule has 0 saturated carbocycles. The number of carbonyl (C=O) groups is 3. The van der Waals surface area contributed by atoms with Crippen molar-refractivity contribution in [3.63, 3.8) is 0 Å². The third kappa shape index (κ3) is 6.86. The van der Waals surface area contributed by atoms with Gasteiger partial charge in [-0.05, 0) is 24.6 Å². The zero-order valence-corrected chi connectivity index (χ0v) is 20.6. The van der Waals surface area contributed by atoms with Crippen LogP contribution in [0, 0.1) is 11.6 Å². The summed E-state index contributed by atoms with van der Waals surface area (Å²) >= 11 is 1.10. The topological polar surface area (TPSA) is 128 Å². The molecule has 36 heavy (non-hydrogen) atoms. The summed E-state index contributed by atoms with van der Waals surface area (Å²) in [5.41, 5.74) is -0.557. The Morgan fingerprint density at radius 3 is 2.25 bits per heavy atom. The van der Waals surface area contributed by atoms with Crippen molar-refractivity contribution in [2.45, 2.75) is 6.92 Å². The number of anilines is 2. The van der Waals surface area contributed by atoms with Crippen LogP contribution >= 0.6 is 11.3 Å². The zero-order chi connectivity index (χ0) is 26.5. The third-order valence-electron chi connectivity index (χ3n) is 4.45. The van der Waals surface area contributed by atoms with E-state index in [1.807, 2.05) is 35.1 Å². The van der Waals surface area contributed by atoms with Gasteiger partial charge in [0.1, 0.15) is 16.6 Å². The van der Waals surface area contributed by atoms with Crippen LogP contribution in [0.25, 0.3) is 10.4 Å². The Hall–Kier alpha value is -3.84. The summed E-state index contributed by atoms with van der Waals surface area (Å²) in [5, 5.41) is 2.62. The van der Waals surface area contributed by atoms with Gasteiger partial charge in [0.25, 0.3) is 5.91 Å². The number of hydrogen-bond donors (Lipinski definition) is 2. The lowest BCUT2D eigenvalue weighted by atomic mass is 10.1. The van der Waals surface area contributed by atoms with Crippen molar-refractivity contribution in [2.75, 3.05) is 29.5 Å². The Kier molecular flexibility index (Phi) is 8.37. The highest BCUT2D eigenvalue weighted by atomic mass is 32.2. The number of halogens is 2. The molecule has 3 rings (SSSR count). The molecule has 0 aliphatic carbocycles. The normalized spacial score (nSPS) is 11.0. The summed E-state index contributed by atoms with van der Waals surface area (Å²) in [6, 6.07) is 11.6. The van der Waals surface area contributed by atoms with Crippen molar-refractivity contribution in [3.8, 4) is 10.4 Å². The van der Waals surface area contributed by atoms with Gasteiger partial charge in [-0.3, -0.25) is 9.52 Å². The summed E-state index contributed by atoms with van der Waals surface area (Å²) in [5.74, 6) is -5.39. The average Bonchev–Trinajstić information content (AvgIpc) is 3.23. The monoisotopic (exact) mass is 538 g/mol. The van der Waals surface area contributed by atoms with Crippen LogP contribution in [0.2, 0.25) is 0 Å². The van der Waals surface area contributed by atoms with E-state index in [0.29, 0.717) is 17.0 Å². The molecular formula is C23H20F2N2O7S2. The molecule has 9 nitrogen and oxygen atoms in total. The molecule has 0 saturated heterocycles. The molecule has 0 bridgehead atoms. The van der Waals surface area contributed by atoms with Gasteiger partial charge in [0.05, 0.1) is 29.7 Å². The zero-order valence-electron chi connectivity index (χ0n) is 19.0. The molecule has 3 aromatic rings. The number of hydrogen-bond acceptors (Lipinski definition) is 8. The molecule has 2 N–H and O–H groups in total. The molecule has 2 aromatic carbocycles. The van der Waals surface area contributed by atoms with Crippen molar-refractivity contribution < 1.29 is 41.1 Å². The second kappa shape index (κ2) is 11.3. The quantitative estimate of drug-likeness (QED) is 0.394. The second-order valence-corrected chi connectivity index (χ2v) is 10.1. The molecule has 1 aromatic heterocycles. The van der Waals surface area contributed by atoms with E-state index in [2.05, 4.69) is 5.32 Å². The summed E-state index contributed by atoms with van der Waals surface area (Å²) in [7, 11) is -3.91. The van der Waals surface area contributed by atoms with E-state index in [9.17, 15) is 31.6 Å². The minimum Gasteiger partial charge on any atom is -0.462 e. The molecule has 0 atom stereocenters. The van der Waals surface area contributed by atoms with Gasteiger partial charge in [0.2, 0.25) is 10.0 Å². The van der Waals surface area contributed by atoms with E-state index >= 15 is 0 Å². The van der Waals surface area contributed by atoms with Gasteiger partial charge in [0.15, 0.2) is 6.61 Å². The molecule has 1 amide bonds. The van der Waals surface area contributed by atoms with Crippen LogP contribution < -0.4 is 10.0 Å². The molecule has 0 aliphatic heterocycles. The molecule has 13 heteroatoms. The molecule has 0 unspecified atom stereocenters. The highest BCUT2D eigenvalue weighted by Gasteiger charge is 2.22. The van der Waals surface area contributed by atoms with E-state index in [0.717, 1.165) is 23.2 Å². The lowest BCUT2D eigenvalue weighted by molar-refractivity contribution is -0.119. The first kappa shape index (κ1) is 26.8. The Labute approximate surface area is 209 Å². The number of carbonyl (C=O) groups excluding carboxylic acids is 3. The van der Waals surface area contributed by atoms with Crippen molar-refractivity contribution in [2.24, 2.45) is 0 Å². The van der Waals surface area contributed by atoms with Crippen LogP contribution in [0.15, 0.2) is 48.5 Å². The maximum atomic E-state index is 14.1. The molecule has 0 spiro atoms. The Balaban J connectivity index is 1.75. The summed E-state index contributed by atoms with van der Waals surface area (Å²) < 4.78 is 62.3. The number of thiophene rings is 1. The van der Waals surface area contributed by atoms with Crippen molar-refractivity contribution in [1.29, 1.82) is 0 Å². The van der Waals surface area contributed by atoms with E-state index in [-0.39, 0.29) is 17.2 Å². The van der Waals surface area contributed by atoms with Gasteiger partial charge in [-0.15, -0.1) is 11.3 Å². The highest BCUT2D eigenvalue weighted by Crippen LogP contribution is 2.36. The number of amides is 1. The summed E-state index contributed by atoms with van der Waals surface area (Å²) in [6.07, 6.45) is 0.746. The average molecular weight is 539 g/mol. The van der Waals surface area contributed by atoms with Gasteiger partial charge in [-0.2, -0.15) is 0 Å². The van der Waals surface area contributed by atoms with E-state index in [1.165, 1.54) is 0 Å². The molecule has 190 valence electrons. The number of nitrogens with one attached hydrogen (secondary N) is 2. The molecule has 1 heterocycles. The van der Waals surface area contributed by atoms with Gasteiger partial charge >= 0.3 is 11.9 Å². The Morgan fingerprint density at radius 2 is 1.61 bits per heavy atom. The number of ether oxygens (including phenoxy) is 2. The van der Waals surface area contributed by atoms with Crippen LogP contribution in [0.3, 0.4) is 0 Å².